The molecule has 1 heterocycles. The van der Waals surface area contributed by atoms with Crippen LogP contribution in [0.5, 0.6) is 0 Å². The molecule has 5 heteroatoms. The van der Waals surface area contributed by atoms with Crippen LogP contribution in [0.4, 0.5) is 5.69 Å². The number of nitro groups is 1. The van der Waals surface area contributed by atoms with Crippen LogP contribution >= 0.6 is 11.6 Å². The Balaban J connectivity index is 3.12. The standard InChI is InChI=1S/C8H5ClN2O2/c9-5-1-3-7-8(11(12)13)4-2-6-10-7/h2,4,6H,5H2. The third-order valence-corrected chi connectivity index (χ3v) is 1.39. The maximum absolute atomic E-state index is 10.4. The van der Waals surface area contributed by atoms with E-state index in [0.29, 0.717) is 0 Å². The van der Waals surface area contributed by atoms with Gasteiger partial charge in [-0.1, -0.05) is 5.92 Å². The van der Waals surface area contributed by atoms with E-state index in [4.69, 9.17) is 11.6 Å². The first kappa shape index (κ1) is 9.49. The van der Waals surface area contributed by atoms with Crippen molar-refractivity contribution >= 4 is 17.3 Å². The largest absolute Gasteiger partial charge is 0.303 e. The first-order chi connectivity index (χ1) is 6.25. The average molecular weight is 197 g/mol. The van der Waals surface area contributed by atoms with Crippen LogP contribution in [0.3, 0.4) is 0 Å². The smallest absolute Gasteiger partial charge is 0.258 e. The molecule has 0 aliphatic heterocycles. The van der Waals surface area contributed by atoms with E-state index in [2.05, 4.69) is 16.8 Å². The van der Waals surface area contributed by atoms with Gasteiger partial charge in [0, 0.05) is 12.3 Å². The van der Waals surface area contributed by atoms with E-state index in [0.717, 1.165) is 0 Å². The van der Waals surface area contributed by atoms with Crippen LogP contribution in [0, 0.1) is 22.0 Å². The lowest BCUT2D eigenvalue weighted by Gasteiger charge is -1.91. The Labute approximate surface area is 79.7 Å². The van der Waals surface area contributed by atoms with E-state index in [1.165, 1.54) is 18.3 Å². The number of aromatic nitrogens is 1. The van der Waals surface area contributed by atoms with Crippen LogP contribution in [0.25, 0.3) is 0 Å². The van der Waals surface area contributed by atoms with Crippen molar-refractivity contribution in [2.24, 2.45) is 0 Å². The normalized spacial score (nSPS) is 8.69. The molecule has 0 bridgehead atoms. The summed E-state index contributed by atoms with van der Waals surface area (Å²) in [5.41, 5.74) is 0.0493. The molecule has 0 saturated heterocycles. The fraction of sp³-hybridized carbons (Fsp3) is 0.125. The van der Waals surface area contributed by atoms with Gasteiger partial charge in [-0.25, -0.2) is 4.98 Å². The van der Waals surface area contributed by atoms with Crippen molar-refractivity contribution in [1.29, 1.82) is 0 Å². The van der Waals surface area contributed by atoms with Crippen molar-refractivity contribution in [3.8, 4) is 11.8 Å². The molecule has 0 unspecified atom stereocenters. The third-order valence-electron chi connectivity index (χ3n) is 1.26. The Bertz CT molecular complexity index is 381. The molecule has 1 rings (SSSR count). The van der Waals surface area contributed by atoms with E-state index in [9.17, 15) is 10.1 Å². The lowest BCUT2D eigenvalue weighted by atomic mass is 10.3. The highest BCUT2D eigenvalue weighted by Gasteiger charge is 2.10. The van der Waals surface area contributed by atoms with E-state index >= 15 is 0 Å². The lowest BCUT2D eigenvalue weighted by Crippen LogP contribution is -1.93. The SMILES string of the molecule is O=[N+]([O-])c1cccnc1C#CCCl. The highest BCUT2D eigenvalue weighted by Crippen LogP contribution is 2.12. The summed E-state index contributed by atoms with van der Waals surface area (Å²) in [6.07, 6.45) is 1.45. The van der Waals surface area contributed by atoms with E-state index in [-0.39, 0.29) is 17.3 Å². The van der Waals surface area contributed by atoms with Crippen LogP contribution in [-0.2, 0) is 0 Å². The van der Waals surface area contributed by atoms with Gasteiger partial charge in [0.15, 0.2) is 5.69 Å². The molecule has 0 N–H and O–H groups in total. The molecule has 66 valence electrons. The number of hydrogen-bond donors (Lipinski definition) is 0. The summed E-state index contributed by atoms with van der Waals surface area (Å²) >= 11 is 5.31. The van der Waals surface area contributed by atoms with Crippen molar-refractivity contribution < 1.29 is 4.92 Å². The minimum Gasteiger partial charge on any atom is -0.258 e. The molecule has 13 heavy (non-hydrogen) atoms. The molecule has 0 radical (unpaired) electrons. The van der Waals surface area contributed by atoms with E-state index < -0.39 is 4.92 Å². The topological polar surface area (TPSA) is 56.0 Å². The molecule has 0 spiro atoms. The summed E-state index contributed by atoms with van der Waals surface area (Å²) in [5, 5.41) is 10.4. The highest BCUT2D eigenvalue weighted by atomic mass is 35.5. The van der Waals surface area contributed by atoms with Gasteiger partial charge in [-0.05, 0) is 12.0 Å². The van der Waals surface area contributed by atoms with E-state index in [1.54, 1.807) is 0 Å². The maximum Gasteiger partial charge on any atom is 0.303 e. The van der Waals surface area contributed by atoms with Gasteiger partial charge < -0.3 is 0 Å². The molecule has 1 aromatic rings. The lowest BCUT2D eigenvalue weighted by molar-refractivity contribution is -0.385. The predicted molar refractivity (Wildman–Crippen MR) is 48.5 cm³/mol. The van der Waals surface area contributed by atoms with Gasteiger partial charge in [0.25, 0.3) is 0 Å². The molecular weight excluding hydrogens is 192 g/mol. The molecule has 0 atom stereocenters. The second-order valence-corrected chi connectivity index (χ2v) is 2.33. The van der Waals surface area contributed by atoms with Gasteiger partial charge >= 0.3 is 5.69 Å². The van der Waals surface area contributed by atoms with Gasteiger partial charge in [0.2, 0.25) is 0 Å². The minimum atomic E-state index is -0.523. The molecule has 4 nitrogen and oxygen atoms in total. The first-order valence-electron chi connectivity index (χ1n) is 3.40. The van der Waals surface area contributed by atoms with Crippen molar-refractivity contribution in [1.82, 2.24) is 4.98 Å². The van der Waals surface area contributed by atoms with Gasteiger partial charge in [0.05, 0.1) is 10.8 Å². The summed E-state index contributed by atoms with van der Waals surface area (Å²) in [7, 11) is 0. The average Bonchev–Trinajstić information content (AvgIpc) is 2.15. The fourth-order valence-electron chi connectivity index (χ4n) is 0.758. The van der Waals surface area contributed by atoms with Crippen LogP contribution in [0.15, 0.2) is 18.3 Å². The monoisotopic (exact) mass is 196 g/mol. The van der Waals surface area contributed by atoms with Crippen molar-refractivity contribution in [2.45, 2.75) is 0 Å². The zero-order valence-corrected chi connectivity index (χ0v) is 7.28. The minimum absolute atomic E-state index is 0.0971. The predicted octanol–water partition coefficient (Wildman–Crippen LogP) is 1.58. The molecule has 0 aromatic carbocycles. The Hall–Kier alpha value is -1.60. The van der Waals surface area contributed by atoms with Gasteiger partial charge in [-0.15, -0.1) is 11.6 Å². The zero-order valence-electron chi connectivity index (χ0n) is 6.53. The van der Waals surface area contributed by atoms with Gasteiger partial charge in [-0.2, -0.15) is 0 Å². The number of hydrogen-bond acceptors (Lipinski definition) is 3. The summed E-state index contributed by atoms with van der Waals surface area (Å²) < 4.78 is 0. The molecule has 1 aromatic heterocycles. The molecule has 0 aliphatic carbocycles. The maximum atomic E-state index is 10.4. The second-order valence-electron chi connectivity index (χ2n) is 2.06. The summed E-state index contributed by atoms with van der Waals surface area (Å²) in [6.45, 7) is 0. The van der Waals surface area contributed by atoms with Crippen LogP contribution < -0.4 is 0 Å². The summed E-state index contributed by atoms with van der Waals surface area (Å²) in [6, 6.07) is 2.84. The number of alkyl halides is 1. The Kier molecular flexibility index (Phi) is 3.23. The second kappa shape index (κ2) is 4.43. The highest BCUT2D eigenvalue weighted by molar-refractivity contribution is 6.19. The van der Waals surface area contributed by atoms with E-state index in [1.807, 2.05) is 0 Å². The van der Waals surface area contributed by atoms with Gasteiger partial charge in [0.1, 0.15) is 0 Å². The Morgan fingerprint density at radius 3 is 3.08 bits per heavy atom. The summed E-state index contributed by atoms with van der Waals surface area (Å²) in [5.74, 6) is 5.15. The number of nitrogens with zero attached hydrogens (tertiary/aromatic N) is 2. The van der Waals surface area contributed by atoms with Crippen molar-refractivity contribution in [2.75, 3.05) is 5.88 Å². The van der Waals surface area contributed by atoms with Crippen LogP contribution in [0.2, 0.25) is 0 Å². The Morgan fingerprint density at radius 1 is 1.69 bits per heavy atom. The quantitative estimate of drug-likeness (QED) is 0.297. The molecule has 0 fully saturated rings. The Morgan fingerprint density at radius 2 is 2.46 bits per heavy atom. The van der Waals surface area contributed by atoms with Crippen molar-refractivity contribution in [3.63, 3.8) is 0 Å². The van der Waals surface area contributed by atoms with Crippen molar-refractivity contribution in [3.05, 3.63) is 34.1 Å². The van der Waals surface area contributed by atoms with Crippen LogP contribution in [0.1, 0.15) is 5.69 Å². The molecule has 0 amide bonds. The van der Waals surface area contributed by atoms with Crippen LogP contribution in [-0.4, -0.2) is 15.8 Å². The fourth-order valence-corrected chi connectivity index (χ4v) is 0.824. The number of pyridine rings is 1. The first-order valence-corrected chi connectivity index (χ1v) is 3.93. The molecule has 0 saturated carbocycles. The zero-order chi connectivity index (χ0) is 9.68. The number of rotatable bonds is 1. The molecule has 0 aliphatic rings. The van der Waals surface area contributed by atoms with Gasteiger partial charge in [-0.3, -0.25) is 10.1 Å². The molecular formula is C8H5ClN2O2. The third kappa shape index (κ3) is 2.42. The number of halogens is 1. The summed E-state index contributed by atoms with van der Waals surface area (Å²) in [4.78, 5) is 13.7.